The maximum Gasteiger partial charge on any atom is 0.213 e. The van der Waals surface area contributed by atoms with Gasteiger partial charge in [0.1, 0.15) is 0 Å². The minimum Gasteiger partial charge on any atom is -0.192 e. The van der Waals surface area contributed by atoms with Gasteiger partial charge in [0, 0.05) is 32.2 Å². The molecule has 1 nitrogen and oxygen atoms in total. The number of hydrogen-bond donors (Lipinski definition) is 0. The summed E-state index contributed by atoms with van der Waals surface area (Å²) in [6.07, 6.45) is 5.79. The molecule has 25 heavy (non-hydrogen) atoms. The van der Waals surface area contributed by atoms with Crippen LogP contribution in [0.5, 0.6) is 0 Å². The van der Waals surface area contributed by atoms with Crippen molar-refractivity contribution in [2.75, 3.05) is 20.0 Å². The fourth-order valence-electron chi connectivity index (χ4n) is 5.09. The molecule has 1 aliphatic heterocycles. The second kappa shape index (κ2) is 6.20. The average Bonchev–Trinajstić information content (AvgIpc) is 2.61. The van der Waals surface area contributed by atoms with E-state index in [-0.39, 0.29) is 11.0 Å². The SMILES string of the molecule is CCC1(C)c2ccc([P+](C)(C)C)cc2-c2cccc[n+]2C1(CC)CC. The summed E-state index contributed by atoms with van der Waals surface area (Å²) in [5.74, 6) is 0. The lowest BCUT2D eigenvalue weighted by molar-refractivity contribution is -0.769. The highest BCUT2D eigenvalue weighted by Gasteiger charge is 2.58. The number of fused-ring (bicyclic) bond motifs is 3. The van der Waals surface area contributed by atoms with E-state index in [1.807, 2.05) is 0 Å². The Hall–Kier alpha value is -1.20. The highest BCUT2D eigenvalue weighted by molar-refractivity contribution is 7.80. The van der Waals surface area contributed by atoms with Crippen LogP contribution in [0, 0.1) is 0 Å². The van der Waals surface area contributed by atoms with Crippen LogP contribution in [-0.2, 0) is 11.0 Å². The molecule has 3 rings (SSSR count). The zero-order valence-corrected chi connectivity index (χ0v) is 18.0. The molecule has 0 N–H and O–H groups in total. The molecule has 2 heteroatoms. The van der Waals surface area contributed by atoms with Crippen LogP contribution in [-0.4, -0.2) is 20.0 Å². The van der Waals surface area contributed by atoms with Crippen molar-refractivity contribution >= 4 is 12.6 Å². The van der Waals surface area contributed by atoms with E-state index in [4.69, 9.17) is 0 Å². The Bertz CT molecular complexity index is 783. The van der Waals surface area contributed by atoms with E-state index in [1.165, 1.54) is 16.6 Å². The number of benzene rings is 1. The Balaban J connectivity index is 2.41. The van der Waals surface area contributed by atoms with Gasteiger partial charge in [-0.05, 0) is 37.1 Å². The largest absolute Gasteiger partial charge is 0.213 e. The highest BCUT2D eigenvalue weighted by atomic mass is 31.2. The van der Waals surface area contributed by atoms with E-state index < -0.39 is 7.26 Å². The molecule has 1 unspecified atom stereocenters. The quantitative estimate of drug-likeness (QED) is 0.513. The number of pyridine rings is 1. The van der Waals surface area contributed by atoms with Gasteiger partial charge in [0.05, 0.1) is 36.3 Å². The minimum absolute atomic E-state index is 0.143. The molecular formula is C23H34NP+2. The summed E-state index contributed by atoms with van der Waals surface area (Å²) in [5.41, 5.74) is 4.68. The number of nitrogens with zero attached hydrogens (tertiary/aromatic N) is 1. The van der Waals surface area contributed by atoms with E-state index in [1.54, 1.807) is 5.56 Å². The van der Waals surface area contributed by atoms with Crippen molar-refractivity contribution in [2.45, 2.75) is 57.9 Å². The van der Waals surface area contributed by atoms with Crippen LogP contribution < -0.4 is 9.87 Å². The number of rotatable bonds is 4. The fourth-order valence-corrected chi connectivity index (χ4v) is 6.12. The lowest BCUT2D eigenvalue weighted by atomic mass is 9.59. The third-order valence-electron chi connectivity index (χ3n) is 6.87. The van der Waals surface area contributed by atoms with Gasteiger partial charge in [-0.1, -0.05) is 26.8 Å². The molecule has 0 amide bonds. The molecule has 1 aliphatic rings. The average molecular weight is 356 g/mol. The minimum atomic E-state index is -1.03. The van der Waals surface area contributed by atoms with Gasteiger partial charge in [-0.2, -0.15) is 4.57 Å². The highest BCUT2D eigenvalue weighted by Crippen LogP contribution is 2.52. The van der Waals surface area contributed by atoms with Gasteiger partial charge >= 0.3 is 0 Å². The zero-order valence-electron chi connectivity index (χ0n) is 17.1. The van der Waals surface area contributed by atoms with Crippen LogP contribution in [0.4, 0.5) is 0 Å². The molecule has 0 aliphatic carbocycles. The molecule has 0 bridgehead atoms. The second-order valence-corrected chi connectivity index (χ2v) is 13.2. The van der Waals surface area contributed by atoms with Gasteiger partial charge in [0.2, 0.25) is 5.69 Å². The van der Waals surface area contributed by atoms with Crippen LogP contribution in [0.25, 0.3) is 11.3 Å². The molecule has 0 saturated heterocycles. The van der Waals surface area contributed by atoms with Gasteiger partial charge in [-0.25, -0.2) is 0 Å². The molecule has 0 saturated carbocycles. The van der Waals surface area contributed by atoms with Crippen LogP contribution in [0.15, 0.2) is 42.6 Å². The van der Waals surface area contributed by atoms with Gasteiger partial charge in [-0.15, -0.1) is 0 Å². The third-order valence-corrected chi connectivity index (χ3v) is 8.70. The van der Waals surface area contributed by atoms with Crippen molar-refractivity contribution in [3.8, 4) is 11.3 Å². The summed E-state index contributed by atoms with van der Waals surface area (Å²) in [4.78, 5) is 0. The predicted octanol–water partition coefficient (Wildman–Crippen LogP) is 5.37. The van der Waals surface area contributed by atoms with Crippen molar-refractivity contribution < 1.29 is 4.57 Å². The van der Waals surface area contributed by atoms with E-state index in [2.05, 4.69) is 94.9 Å². The molecule has 2 aromatic rings. The topological polar surface area (TPSA) is 3.88 Å². The normalized spacial score (nSPS) is 21.6. The Labute approximate surface area is 154 Å². The van der Waals surface area contributed by atoms with Crippen LogP contribution in [0.1, 0.15) is 52.5 Å². The van der Waals surface area contributed by atoms with Crippen LogP contribution in [0.2, 0.25) is 0 Å². The summed E-state index contributed by atoms with van der Waals surface area (Å²) in [5, 5.41) is 1.53. The summed E-state index contributed by atoms with van der Waals surface area (Å²) < 4.78 is 2.60. The Morgan fingerprint density at radius 3 is 2.16 bits per heavy atom. The van der Waals surface area contributed by atoms with Gasteiger partial charge in [0.25, 0.3) is 0 Å². The van der Waals surface area contributed by atoms with Gasteiger partial charge in [0.15, 0.2) is 11.7 Å². The molecule has 134 valence electrons. The molecule has 1 aromatic carbocycles. The smallest absolute Gasteiger partial charge is 0.192 e. The molecule has 0 radical (unpaired) electrons. The Morgan fingerprint density at radius 2 is 1.60 bits per heavy atom. The van der Waals surface area contributed by atoms with Crippen molar-refractivity contribution in [3.05, 3.63) is 48.2 Å². The van der Waals surface area contributed by atoms with E-state index >= 15 is 0 Å². The second-order valence-electron chi connectivity index (χ2n) is 8.62. The standard InChI is InChI=1S/C23H34NP/c1-8-22(4)20-15-14-18(25(5,6)7)17-19(20)21-13-11-12-16-24(21)23(22,9-2)10-3/h11-17H,8-10H2,1-7H3/q+2. The monoisotopic (exact) mass is 355 g/mol. The first-order chi connectivity index (χ1) is 11.7. The van der Waals surface area contributed by atoms with Crippen molar-refractivity contribution in [3.63, 3.8) is 0 Å². The van der Waals surface area contributed by atoms with E-state index in [0.29, 0.717) is 0 Å². The van der Waals surface area contributed by atoms with Crippen molar-refractivity contribution in [2.24, 2.45) is 0 Å². The molecule has 0 spiro atoms. The van der Waals surface area contributed by atoms with E-state index in [9.17, 15) is 0 Å². The molecule has 0 fully saturated rings. The van der Waals surface area contributed by atoms with Gasteiger partial charge < -0.3 is 0 Å². The summed E-state index contributed by atoms with van der Waals surface area (Å²) >= 11 is 0. The van der Waals surface area contributed by atoms with Crippen LogP contribution in [0.3, 0.4) is 0 Å². The van der Waals surface area contributed by atoms with Gasteiger partial charge in [-0.3, -0.25) is 0 Å². The Kier molecular flexibility index (Phi) is 4.61. The van der Waals surface area contributed by atoms with Crippen LogP contribution >= 0.6 is 7.26 Å². The summed E-state index contributed by atoms with van der Waals surface area (Å²) in [6, 6.07) is 14.1. The first-order valence-corrected chi connectivity index (χ1v) is 12.9. The maximum absolute atomic E-state index is 2.60. The summed E-state index contributed by atoms with van der Waals surface area (Å²) in [7, 11) is -1.03. The predicted molar refractivity (Wildman–Crippen MR) is 113 cm³/mol. The van der Waals surface area contributed by atoms with Crippen molar-refractivity contribution in [1.82, 2.24) is 0 Å². The molecule has 2 heterocycles. The maximum atomic E-state index is 2.60. The van der Waals surface area contributed by atoms with E-state index in [0.717, 1.165) is 19.3 Å². The lowest BCUT2D eigenvalue weighted by Gasteiger charge is -2.47. The first kappa shape index (κ1) is 18.6. The Morgan fingerprint density at radius 1 is 0.920 bits per heavy atom. The molecule has 1 aromatic heterocycles. The van der Waals surface area contributed by atoms with Crippen molar-refractivity contribution in [1.29, 1.82) is 0 Å². The first-order valence-electron chi connectivity index (χ1n) is 9.73. The fraction of sp³-hybridized carbons (Fsp3) is 0.522. The third kappa shape index (κ3) is 2.50. The number of hydrogen-bond acceptors (Lipinski definition) is 0. The lowest BCUT2D eigenvalue weighted by Crippen LogP contribution is -2.68. The zero-order chi connectivity index (χ0) is 18.5. The molecule has 1 atom stereocenters. The molecular weight excluding hydrogens is 321 g/mol. The number of aromatic nitrogens is 1. The summed E-state index contributed by atoms with van der Waals surface area (Å²) in [6.45, 7) is 16.8.